The topological polar surface area (TPSA) is 53.1 Å². The van der Waals surface area contributed by atoms with Crippen LogP contribution < -0.4 is 15.5 Å². The number of aryl methyl sites for hydroxylation is 1. The summed E-state index contributed by atoms with van der Waals surface area (Å²) in [4.78, 5) is 11.9. The van der Waals surface area contributed by atoms with Crippen molar-refractivity contribution in [2.45, 2.75) is 45.1 Å². The second-order valence-corrected chi connectivity index (χ2v) is 5.82. The molecular weight excluding hydrogens is 250 g/mol. The molecule has 0 spiro atoms. The van der Waals surface area contributed by atoms with E-state index in [0.29, 0.717) is 6.04 Å². The van der Waals surface area contributed by atoms with Crippen LogP contribution in [0, 0.1) is 0 Å². The van der Waals surface area contributed by atoms with Crippen molar-refractivity contribution >= 4 is 11.8 Å². The van der Waals surface area contributed by atoms with Crippen LogP contribution in [0.4, 0.5) is 11.8 Å². The van der Waals surface area contributed by atoms with Crippen LogP contribution in [0.2, 0.25) is 0 Å². The van der Waals surface area contributed by atoms with Crippen molar-refractivity contribution < 1.29 is 0 Å². The first kappa shape index (κ1) is 13.6. The molecule has 1 saturated heterocycles. The summed E-state index contributed by atoms with van der Waals surface area (Å²) in [6.07, 6.45) is 5.88. The standard InChI is InChI=1S/C15H25N5/c1-3-8-17-14-12-6-4-5-7-13(12)18-15(19-14)20-9-11(10-20)16-2/h11,16H,3-10H2,1-2H3,(H,17,18,19). The average molecular weight is 275 g/mol. The van der Waals surface area contributed by atoms with E-state index in [0.717, 1.165) is 50.7 Å². The van der Waals surface area contributed by atoms with Gasteiger partial charge in [-0.2, -0.15) is 4.98 Å². The van der Waals surface area contributed by atoms with E-state index in [1.54, 1.807) is 0 Å². The Morgan fingerprint density at radius 1 is 1.20 bits per heavy atom. The summed E-state index contributed by atoms with van der Waals surface area (Å²) in [5.41, 5.74) is 2.63. The van der Waals surface area contributed by atoms with Crippen molar-refractivity contribution in [3.8, 4) is 0 Å². The molecule has 20 heavy (non-hydrogen) atoms. The summed E-state index contributed by atoms with van der Waals surface area (Å²) in [6, 6.07) is 0.585. The molecule has 0 unspecified atom stereocenters. The van der Waals surface area contributed by atoms with Crippen LogP contribution in [-0.4, -0.2) is 42.7 Å². The molecule has 1 aromatic rings. The molecule has 2 aliphatic rings. The van der Waals surface area contributed by atoms with E-state index in [9.17, 15) is 0 Å². The Morgan fingerprint density at radius 3 is 2.75 bits per heavy atom. The summed E-state index contributed by atoms with van der Waals surface area (Å²) in [6.45, 7) is 5.21. The van der Waals surface area contributed by atoms with Gasteiger partial charge in [-0.25, -0.2) is 4.98 Å². The molecular formula is C15H25N5. The van der Waals surface area contributed by atoms with Crippen LogP contribution in [0.1, 0.15) is 37.4 Å². The molecule has 0 radical (unpaired) electrons. The highest BCUT2D eigenvalue weighted by Gasteiger charge is 2.29. The molecule has 0 saturated carbocycles. The fourth-order valence-corrected chi connectivity index (χ4v) is 2.94. The number of rotatable bonds is 5. The van der Waals surface area contributed by atoms with Crippen molar-refractivity contribution in [2.75, 3.05) is 36.9 Å². The van der Waals surface area contributed by atoms with E-state index in [-0.39, 0.29) is 0 Å². The molecule has 1 aliphatic carbocycles. The third-order valence-corrected chi connectivity index (χ3v) is 4.29. The van der Waals surface area contributed by atoms with Crippen LogP contribution >= 0.6 is 0 Å². The normalized spacial score (nSPS) is 18.6. The van der Waals surface area contributed by atoms with E-state index in [1.807, 2.05) is 7.05 Å². The van der Waals surface area contributed by atoms with Gasteiger partial charge in [-0.05, 0) is 39.2 Å². The number of hydrogen-bond acceptors (Lipinski definition) is 5. The van der Waals surface area contributed by atoms with Crippen LogP contribution in [0.25, 0.3) is 0 Å². The summed E-state index contributed by atoms with van der Waals surface area (Å²) >= 11 is 0. The van der Waals surface area contributed by atoms with Crippen LogP contribution in [0.5, 0.6) is 0 Å². The predicted octanol–water partition coefficient (Wildman–Crippen LogP) is 1.59. The van der Waals surface area contributed by atoms with Gasteiger partial charge in [-0.1, -0.05) is 6.92 Å². The maximum atomic E-state index is 4.82. The molecule has 110 valence electrons. The summed E-state index contributed by atoms with van der Waals surface area (Å²) in [5, 5.41) is 6.80. The van der Waals surface area contributed by atoms with E-state index < -0.39 is 0 Å². The van der Waals surface area contributed by atoms with Crippen molar-refractivity contribution in [2.24, 2.45) is 0 Å². The number of nitrogens with one attached hydrogen (secondary N) is 2. The molecule has 5 heteroatoms. The lowest BCUT2D eigenvalue weighted by Gasteiger charge is -2.39. The molecule has 0 bridgehead atoms. The smallest absolute Gasteiger partial charge is 0.227 e. The van der Waals surface area contributed by atoms with Gasteiger partial charge in [0, 0.05) is 31.2 Å². The van der Waals surface area contributed by atoms with Crippen LogP contribution in [0.3, 0.4) is 0 Å². The van der Waals surface area contributed by atoms with Crippen molar-refractivity contribution in [1.82, 2.24) is 15.3 Å². The van der Waals surface area contributed by atoms with E-state index in [2.05, 4.69) is 22.5 Å². The van der Waals surface area contributed by atoms with Gasteiger partial charge >= 0.3 is 0 Å². The first-order valence-corrected chi connectivity index (χ1v) is 7.87. The molecule has 0 aromatic carbocycles. The Bertz CT molecular complexity index is 468. The SMILES string of the molecule is CCCNc1nc(N2CC(NC)C2)nc2c1CCCC2. The molecule has 2 N–H and O–H groups in total. The maximum absolute atomic E-state index is 4.82. The van der Waals surface area contributed by atoms with Crippen molar-refractivity contribution in [1.29, 1.82) is 0 Å². The summed E-state index contributed by atoms with van der Waals surface area (Å²) < 4.78 is 0. The molecule has 0 amide bonds. The molecule has 5 nitrogen and oxygen atoms in total. The van der Waals surface area contributed by atoms with Gasteiger partial charge < -0.3 is 15.5 Å². The summed E-state index contributed by atoms with van der Waals surface area (Å²) in [7, 11) is 2.02. The highest BCUT2D eigenvalue weighted by Crippen LogP contribution is 2.29. The minimum atomic E-state index is 0.585. The van der Waals surface area contributed by atoms with E-state index in [1.165, 1.54) is 24.1 Å². The zero-order chi connectivity index (χ0) is 13.9. The lowest BCUT2D eigenvalue weighted by Crippen LogP contribution is -2.57. The quantitative estimate of drug-likeness (QED) is 0.854. The third-order valence-electron chi connectivity index (χ3n) is 4.29. The van der Waals surface area contributed by atoms with Crippen LogP contribution in [-0.2, 0) is 12.8 Å². The molecule has 1 aliphatic heterocycles. The van der Waals surface area contributed by atoms with Crippen molar-refractivity contribution in [3.05, 3.63) is 11.3 Å². The Morgan fingerprint density at radius 2 is 2.00 bits per heavy atom. The number of anilines is 2. The van der Waals surface area contributed by atoms with E-state index >= 15 is 0 Å². The fraction of sp³-hybridized carbons (Fsp3) is 0.733. The van der Waals surface area contributed by atoms with Crippen LogP contribution in [0.15, 0.2) is 0 Å². The number of fused-ring (bicyclic) bond motifs is 1. The number of aromatic nitrogens is 2. The summed E-state index contributed by atoms with van der Waals surface area (Å²) in [5.74, 6) is 2.00. The number of likely N-dealkylation sites (N-methyl/N-ethyl adjacent to an activating group) is 1. The highest BCUT2D eigenvalue weighted by atomic mass is 15.3. The molecule has 3 rings (SSSR count). The lowest BCUT2D eigenvalue weighted by molar-refractivity contribution is 0.442. The van der Waals surface area contributed by atoms with Gasteiger partial charge in [-0.3, -0.25) is 0 Å². The second kappa shape index (κ2) is 5.95. The molecule has 1 fully saturated rings. The van der Waals surface area contributed by atoms with Gasteiger partial charge in [0.2, 0.25) is 5.95 Å². The number of hydrogen-bond donors (Lipinski definition) is 2. The molecule has 2 heterocycles. The Kier molecular flexibility index (Phi) is 4.05. The van der Waals surface area contributed by atoms with Gasteiger partial charge in [0.1, 0.15) is 5.82 Å². The highest BCUT2D eigenvalue weighted by molar-refractivity contribution is 5.53. The van der Waals surface area contributed by atoms with Gasteiger partial charge in [-0.15, -0.1) is 0 Å². The largest absolute Gasteiger partial charge is 0.370 e. The minimum absolute atomic E-state index is 0.585. The molecule has 1 aromatic heterocycles. The van der Waals surface area contributed by atoms with E-state index in [4.69, 9.17) is 9.97 Å². The maximum Gasteiger partial charge on any atom is 0.227 e. The fourth-order valence-electron chi connectivity index (χ4n) is 2.94. The van der Waals surface area contributed by atoms with Gasteiger partial charge in [0.15, 0.2) is 0 Å². The first-order valence-electron chi connectivity index (χ1n) is 7.87. The zero-order valence-electron chi connectivity index (χ0n) is 12.6. The lowest BCUT2D eigenvalue weighted by atomic mass is 9.96. The third kappa shape index (κ3) is 2.59. The Hall–Kier alpha value is -1.36. The monoisotopic (exact) mass is 275 g/mol. The van der Waals surface area contributed by atoms with Gasteiger partial charge in [0.05, 0.1) is 5.69 Å². The first-order chi connectivity index (χ1) is 9.81. The average Bonchev–Trinajstić information content (AvgIpc) is 2.43. The second-order valence-electron chi connectivity index (χ2n) is 5.82. The Labute approximate surface area is 121 Å². The predicted molar refractivity (Wildman–Crippen MR) is 82.5 cm³/mol. The zero-order valence-corrected chi connectivity index (χ0v) is 12.6. The number of nitrogens with zero attached hydrogens (tertiary/aromatic N) is 3. The van der Waals surface area contributed by atoms with Crippen molar-refractivity contribution in [3.63, 3.8) is 0 Å². The van der Waals surface area contributed by atoms with Gasteiger partial charge in [0.25, 0.3) is 0 Å². The Balaban J connectivity index is 1.84. The molecule has 0 atom stereocenters. The minimum Gasteiger partial charge on any atom is -0.370 e.